The summed E-state index contributed by atoms with van der Waals surface area (Å²) in [6, 6.07) is 0. The van der Waals surface area contributed by atoms with E-state index in [9.17, 15) is 9.59 Å². The van der Waals surface area contributed by atoms with Crippen LogP contribution >= 0.6 is 25.3 Å². The molecule has 0 fully saturated rings. The van der Waals surface area contributed by atoms with Crippen molar-refractivity contribution in [1.29, 1.82) is 0 Å². The molecule has 0 aromatic carbocycles. The predicted molar refractivity (Wildman–Crippen MR) is 39.9 cm³/mol. The highest BCUT2D eigenvalue weighted by molar-refractivity contribution is 7.81. The Morgan fingerprint density at radius 3 is 1.50 bits per heavy atom. The fourth-order valence-corrected chi connectivity index (χ4v) is 0.251. The summed E-state index contributed by atoms with van der Waals surface area (Å²) in [4.78, 5) is 28.3. The smallest absolute Gasteiger partial charge is 0.246 e. The molecule has 0 spiro atoms. The first-order valence-electron chi connectivity index (χ1n) is 2.32. The van der Waals surface area contributed by atoms with Crippen molar-refractivity contribution in [2.45, 2.75) is 0 Å². The van der Waals surface area contributed by atoms with E-state index in [-0.39, 0.29) is 11.5 Å². The van der Waals surface area contributed by atoms with Gasteiger partial charge in [0.05, 0.1) is 11.5 Å². The summed E-state index contributed by atoms with van der Waals surface area (Å²) in [5.41, 5.74) is 0. The van der Waals surface area contributed by atoms with Gasteiger partial charge in [0.1, 0.15) is 0 Å². The highest BCUT2D eigenvalue weighted by atomic mass is 32.1. The van der Waals surface area contributed by atoms with Crippen molar-refractivity contribution in [2.75, 3.05) is 11.5 Å². The van der Waals surface area contributed by atoms with E-state index in [0.29, 0.717) is 0 Å². The second kappa shape index (κ2) is 5.43. The zero-order valence-electron chi connectivity index (χ0n) is 4.94. The van der Waals surface area contributed by atoms with Crippen LogP contribution in [0.3, 0.4) is 0 Å². The van der Waals surface area contributed by atoms with Crippen LogP contribution in [0.1, 0.15) is 0 Å². The van der Waals surface area contributed by atoms with Gasteiger partial charge in [0.15, 0.2) is 0 Å². The van der Waals surface area contributed by atoms with Crippen LogP contribution in [0.15, 0.2) is 0 Å². The molecular weight excluding hydrogens is 176 g/mol. The van der Waals surface area contributed by atoms with Gasteiger partial charge in [0, 0.05) is 0 Å². The number of hydrogen-bond donors (Lipinski definition) is 2. The standard InChI is InChI=1S/C4H6O4S2/c5-3(1-9)7-8-4(6)2-10/h9-10H,1-2H2. The molecular formula is C4H6O4S2. The summed E-state index contributed by atoms with van der Waals surface area (Å²) in [7, 11) is 0. The van der Waals surface area contributed by atoms with E-state index in [1.807, 2.05) is 0 Å². The Morgan fingerprint density at radius 1 is 1.00 bits per heavy atom. The number of hydrogen-bond acceptors (Lipinski definition) is 6. The molecule has 0 unspecified atom stereocenters. The maximum Gasteiger partial charge on any atom is 0.365 e. The lowest BCUT2D eigenvalue weighted by atomic mass is 10.8. The van der Waals surface area contributed by atoms with Crippen LogP contribution in [0.5, 0.6) is 0 Å². The van der Waals surface area contributed by atoms with Gasteiger partial charge >= 0.3 is 11.9 Å². The molecule has 58 valence electrons. The van der Waals surface area contributed by atoms with Crippen molar-refractivity contribution < 1.29 is 19.4 Å². The average molecular weight is 182 g/mol. The lowest BCUT2D eigenvalue weighted by Gasteiger charge is -1.97. The topological polar surface area (TPSA) is 52.6 Å². The first-order chi connectivity index (χ1) is 4.70. The molecule has 0 atom stereocenters. The molecule has 0 heterocycles. The molecule has 0 aromatic rings. The molecule has 10 heavy (non-hydrogen) atoms. The normalized spacial score (nSPS) is 8.60. The molecule has 0 saturated carbocycles. The molecule has 0 aromatic heterocycles. The van der Waals surface area contributed by atoms with Gasteiger partial charge in [-0.25, -0.2) is 19.4 Å². The minimum Gasteiger partial charge on any atom is -0.246 e. The Kier molecular flexibility index (Phi) is 5.23. The third kappa shape index (κ3) is 4.51. The molecule has 0 N–H and O–H groups in total. The summed E-state index contributed by atoms with van der Waals surface area (Å²) in [5, 5.41) is 0. The molecule has 0 radical (unpaired) electrons. The van der Waals surface area contributed by atoms with Crippen molar-refractivity contribution in [3.05, 3.63) is 0 Å². The summed E-state index contributed by atoms with van der Waals surface area (Å²) < 4.78 is 0. The molecule has 4 nitrogen and oxygen atoms in total. The monoisotopic (exact) mass is 182 g/mol. The highest BCUT2D eigenvalue weighted by Gasteiger charge is 2.04. The fraction of sp³-hybridized carbons (Fsp3) is 0.500. The summed E-state index contributed by atoms with van der Waals surface area (Å²) in [6.45, 7) is 0. The number of rotatable bonds is 2. The summed E-state index contributed by atoms with van der Waals surface area (Å²) >= 11 is 7.12. The van der Waals surface area contributed by atoms with Crippen molar-refractivity contribution in [1.82, 2.24) is 0 Å². The van der Waals surface area contributed by atoms with Crippen molar-refractivity contribution in [3.8, 4) is 0 Å². The second-order valence-corrected chi connectivity index (χ2v) is 1.86. The lowest BCUT2D eigenvalue weighted by molar-refractivity contribution is -0.254. The molecule has 0 saturated heterocycles. The third-order valence-electron chi connectivity index (χ3n) is 0.486. The summed E-state index contributed by atoms with van der Waals surface area (Å²) in [5.74, 6) is -1.67. The van der Waals surface area contributed by atoms with Crippen LogP contribution < -0.4 is 0 Å². The van der Waals surface area contributed by atoms with Crippen molar-refractivity contribution >= 4 is 37.2 Å². The van der Waals surface area contributed by atoms with Gasteiger partial charge in [0.2, 0.25) is 0 Å². The maximum absolute atomic E-state index is 10.2. The second-order valence-electron chi connectivity index (χ2n) is 1.23. The number of carbonyl (C=O) groups excluding carboxylic acids is 2. The van der Waals surface area contributed by atoms with Crippen LogP contribution in [-0.4, -0.2) is 23.4 Å². The minimum atomic E-state index is -0.710. The Bertz CT molecular complexity index is 119. The van der Waals surface area contributed by atoms with Crippen LogP contribution in [0.4, 0.5) is 0 Å². The number of carbonyl (C=O) groups is 2. The third-order valence-corrected chi connectivity index (χ3v) is 1.00. The van der Waals surface area contributed by atoms with Gasteiger partial charge < -0.3 is 0 Å². The van der Waals surface area contributed by atoms with Gasteiger partial charge in [-0.1, -0.05) is 0 Å². The van der Waals surface area contributed by atoms with E-state index in [2.05, 4.69) is 35.0 Å². The van der Waals surface area contributed by atoms with E-state index in [0.717, 1.165) is 0 Å². The van der Waals surface area contributed by atoms with E-state index in [4.69, 9.17) is 0 Å². The quantitative estimate of drug-likeness (QED) is 0.354. The SMILES string of the molecule is O=C(CS)OOC(=O)CS. The molecule has 0 aliphatic rings. The van der Waals surface area contributed by atoms with E-state index < -0.39 is 11.9 Å². The van der Waals surface area contributed by atoms with Gasteiger partial charge in [-0.2, -0.15) is 25.3 Å². The molecule has 0 aliphatic heterocycles. The van der Waals surface area contributed by atoms with E-state index in [1.165, 1.54) is 0 Å². The molecule has 0 rings (SSSR count). The lowest BCUT2D eigenvalue weighted by Crippen LogP contribution is -2.12. The van der Waals surface area contributed by atoms with Crippen LogP contribution in [0, 0.1) is 0 Å². The van der Waals surface area contributed by atoms with E-state index in [1.54, 1.807) is 0 Å². The fourth-order valence-electron chi connectivity index (χ4n) is 0.146. The average Bonchev–Trinajstić information content (AvgIpc) is 1.99. The Balaban J connectivity index is 3.35. The van der Waals surface area contributed by atoms with E-state index >= 15 is 0 Å². The molecule has 0 amide bonds. The number of thiol groups is 2. The van der Waals surface area contributed by atoms with Gasteiger partial charge in [-0.05, 0) is 0 Å². The van der Waals surface area contributed by atoms with Crippen LogP contribution in [0.2, 0.25) is 0 Å². The largest absolute Gasteiger partial charge is 0.365 e. The van der Waals surface area contributed by atoms with Crippen LogP contribution in [-0.2, 0) is 19.4 Å². The summed E-state index contributed by atoms with van der Waals surface area (Å²) in [6.07, 6.45) is 0. The Labute approximate surface area is 68.6 Å². The van der Waals surface area contributed by atoms with Gasteiger partial charge in [0.25, 0.3) is 0 Å². The van der Waals surface area contributed by atoms with Gasteiger partial charge in [-0.3, -0.25) is 0 Å². The van der Waals surface area contributed by atoms with Gasteiger partial charge in [-0.15, -0.1) is 0 Å². The first-order valence-corrected chi connectivity index (χ1v) is 3.59. The Morgan fingerprint density at radius 2 is 1.30 bits per heavy atom. The maximum atomic E-state index is 10.2. The molecule has 0 aliphatic carbocycles. The zero-order valence-corrected chi connectivity index (χ0v) is 6.73. The predicted octanol–water partition coefficient (Wildman–Crippen LogP) is -0.153. The molecule has 6 heteroatoms. The Hall–Kier alpha value is -0.360. The highest BCUT2D eigenvalue weighted by Crippen LogP contribution is 1.86. The van der Waals surface area contributed by atoms with Crippen LogP contribution in [0.25, 0.3) is 0 Å². The minimum absolute atomic E-state index is 0.125. The molecule has 0 bridgehead atoms. The zero-order chi connectivity index (χ0) is 7.98. The first kappa shape index (κ1) is 9.64. The van der Waals surface area contributed by atoms with Crippen molar-refractivity contribution in [2.24, 2.45) is 0 Å². The van der Waals surface area contributed by atoms with Crippen molar-refractivity contribution in [3.63, 3.8) is 0 Å².